The predicted molar refractivity (Wildman–Crippen MR) is 88.9 cm³/mol. The molecule has 2 aromatic rings. The lowest BCUT2D eigenvalue weighted by Gasteiger charge is -2.22. The number of benzene rings is 1. The summed E-state index contributed by atoms with van der Waals surface area (Å²) in [5.74, 6) is 0.493. The van der Waals surface area contributed by atoms with Crippen LogP contribution in [0, 0.1) is 5.92 Å². The number of hydrogen-bond donors (Lipinski definition) is 2. The molecule has 0 unspecified atom stereocenters. The largest absolute Gasteiger partial charge is 0.337 e. The third kappa shape index (κ3) is 2.67. The zero-order chi connectivity index (χ0) is 15.8. The van der Waals surface area contributed by atoms with E-state index < -0.39 is 0 Å². The number of para-hydroxylation sites is 2. The van der Waals surface area contributed by atoms with Crippen LogP contribution in [0.25, 0.3) is 11.0 Å². The number of aromatic nitrogens is 2. The lowest BCUT2D eigenvalue weighted by molar-refractivity contribution is 0.238. The van der Waals surface area contributed by atoms with Gasteiger partial charge in [0.2, 0.25) is 0 Å². The van der Waals surface area contributed by atoms with E-state index in [-0.39, 0.29) is 17.8 Å². The molecule has 1 aliphatic heterocycles. The summed E-state index contributed by atoms with van der Waals surface area (Å²) in [5.41, 5.74) is 1.35. The first-order valence-corrected chi connectivity index (χ1v) is 8.46. The molecule has 1 amide bonds. The molecular weight excluding hydrogens is 292 g/mol. The Morgan fingerprint density at radius 3 is 2.52 bits per heavy atom. The van der Waals surface area contributed by atoms with Crippen LogP contribution in [0.5, 0.6) is 0 Å². The molecule has 4 rings (SSSR count). The Balaban J connectivity index is 1.61. The maximum absolute atomic E-state index is 12.7. The molecule has 6 heteroatoms. The van der Waals surface area contributed by atoms with Crippen molar-refractivity contribution in [2.45, 2.75) is 31.7 Å². The summed E-state index contributed by atoms with van der Waals surface area (Å²) in [6.07, 6.45) is 4.17. The van der Waals surface area contributed by atoms with Gasteiger partial charge in [-0.1, -0.05) is 12.1 Å². The highest BCUT2D eigenvalue weighted by molar-refractivity contribution is 5.89. The molecule has 0 radical (unpaired) electrons. The predicted octanol–water partition coefficient (Wildman–Crippen LogP) is 1.70. The molecule has 0 atom stereocenters. The maximum atomic E-state index is 12.7. The highest BCUT2D eigenvalue weighted by Gasteiger charge is 2.30. The highest BCUT2D eigenvalue weighted by Crippen LogP contribution is 2.36. The first-order chi connectivity index (χ1) is 11.3. The van der Waals surface area contributed by atoms with Gasteiger partial charge in [-0.05, 0) is 56.8 Å². The molecule has 2 heterocycles. The summed E-state index contributed by atoms with van der Waals surface area (Å²) < 4.78 is 3.08. The second-order valence-corrected chi connectivity index (χ2v) is 6.59. The number of imidazole rings is 1. The van der Waals surface area contributed by atoms with Gasteiger partial charge in [0.25, 0.3) is 0 Å². The molecule has 2 fully saturated rings. The number of fused-ring (bicyclic) bond motifs is 1. The SMILES string of the molecule is O=C(NCC1CCNCC1)n1c(=O)n(C2CC2)c2ccccc21. The van der Waals surface area contributed by atoms with Gasteiger partial charge in [0.05, 0.1) is 11.0 Å². The zero-order valence-electron chi connectivity index (χ0n) is 13.1. The van der Waals surface area contributed by atoms with Gasteiger partial charge in [-0.3, -0.25) is 4.57 Å². The molecule has 1 saturated carbocycles. The van der Waals surface area contributed by atoms with Crippen LogP contribution in [0.1, 0.15) is 31.7 Å². The molecule has 23 heavy (non-hydrogen) atoms. The van der Waals surface area contributed by atoms with Gasteiger partial charge < -0.3 is 10.6 Å². The number of nitrogens with zero attached hydrogens (tertiary/aromatic N) is 2. The molecule has 1 saturated heterocycles. The van der Waals surface area contributed by atoms with Gasteiger partial charge in [-0.15, -0.1) is 0 Å². The second kappa shape index (κ2) is 5.85. The van der Waals surface area contributed by atoms with Crippen molar-refractivity contribution in [1.82, 2.24) is 19.8 Å². The van der Waals surface area contributed by atoms with Gasteiger partial charge in [0, 0.05) is 12.6 Å². The molecule has 2 aliphatic rings. The van der Waals surface area contributed by atoms with Crippen molar-refractivity contribution in [3.05, 3.63) is 34.7 Å². The third-order valence-electron chi connectivity index (χ3n) is 4.90. The number of carbonyl (C=O) groups excluding carboxylic acids is 1. The van der Waals surface area contributed by atoms with Crippen molar-refractivity contribution in [3.63, 3.8) is 0 Å². The van der Waals surface area contributed by atoms with Gasteiger partial charge >= 0.3 is 11.7 Å². The van der Waals surface area contributed by atoms with Crippen LogP contribution in [0.4, 0.5) is 4.79 Å². The van der Waals surface area contributed by atoms with E-state index in [1.54, 1.807) is 4.57 Å². The average Bonchev–Trinajstić information content (AvgIpc) is 3.36. The van der Waals surface area contributed by atoms with Crippen LogP contribution in [-0.4, -0.2) is 34.8 Å². The molecular formula is C17H22N4O2. The standard InChI is InChI=1S/C17H22N4O2/c22-16(19-11-12-7-9-18-10-8-12)21-15-4-2-1-3-14(15)20(17(21)23)13-5-6-13/h1-4,12-13,18H,5-11H2,(H,19,22). The van der Waals surface area contributed by atoms with Crippen molar-refractivity contribution >= 4 is 17.1 Å². The first kappa shape index (κ1) is 14.5. The maximum Gasteiger partial charge on any atom is 0.337 e. The topological polar surface area (TPSA) is 68.1 Å². The fourth-order valence-electron chi connectivity index (χ4n) is 3.45. The van der Waals surface area contributed by atoms with Crippen LogP contribution >= 0.6 is 0 Å². The molecule has 1 aliphatic carbocycles. The van der Waals surface area contributed by atoms with Crippen molar-refractivity contribution in [2.24, 2.45) is 5.92 Å². The van der Waals surface area contributed by atoms with Crippen LogP contribution in [0.3, 0.4) is 0 Å². The number of amides is 1. The summed E-state index contributed by atoms with van der Waals surface area (Å²) in [5, 5.41) is 6.28. The third-order valence-corrected chi connectivity index (χ3v) is 4.90. The lowest BCUT2D eigenvalue weighted by Crippen LogP contribution is -2.41. The Morgan fingerprint density at radius 1 is 1.13 bits per heavy atom. The van der Waals surface area contributed by atoms with E-state index in [0.717, 1.165) is 44.3 Å². The molecule has 1 aromatic heterocycles. The van der Waals surface area contributed by atoms with E-state index in [1.807, 2.05) is 24.3 Å². The number of piperidine rings is 1. The molecule has 0 bridgehead atoms. The van der Waals surface area contributed by atoms with Crippen molar-refractivity contribution in [2.75, 3.05) is 19.6 Å². The quantitative estimate of drug-likeness (QED) is 0.906. The monoisotopic (exact) mass is 314 g/mol. The van der Waals surface area contributed by atoms with Crippen LogP contribution < -0.4 is 16.3 Å². The Morgan fingerprint density at radius 2 is 1.83 bits per heavy atom. The molecule has 2 N–H and O–H groups in total. The number of carbonyl (C=O) groups is 1. The van der Waals surface area contributed by atoms with Crippen LogP contribution in [0.15, 0.2) is 29.1 Å². The minimum Gasteiger partial charge on any atom is -0.337 e. The number of rotatable bonds is 3. The zero-order valence-corrected chi connectivity index (χ0v) is 13.1. The Kier molecular flexibility index (Phi) is 3.69. The average molecular weight is 314 g/mol. The van der Waals surface area contributed by atoms with Crippen molar-refractivity contribution in [3.8, 4) is 0 Å². The van der Waals surface area contributed by atoms with Crippen molar-refractivity contribution < 1.29 is 4.79 Å². The second-order valence-electron chi connectivity index (χ2n) is 6.59. The van der Waals surface area contributed by atoms with Gasteiger partial charge in [-0.25, -0.2) is 14.2 Å². The Labute approximate surface area is 134 Å². The van der Waals surface area contributed by atoms with Gasteiger partial charge in [-0.2, -0.15) is 0 Å². The van der Waals surface area contributed by atoms with Crippen LogP contribution in [0.2, 0.25) is 0 Å². The summed E-state index contributed by atoms with van der Waals surface area (Å²) >= 11 is 0. The van der Waals surface area contributed by atoms with Gasteiger partial charge in [0.15, 0.2) is 0 Å². The summed E-state index contributed by atoms with van der Waals surface area (Å²) in [6, 6.07) is 7.51. The lowest BCUT2D eigenvalue weighted by atomic mass is 9.98. The van der Waals surface area contributed by atoms with E-state index >= 15 is 0 Å². The summed E-state index contributed by atoms with van der Waals surface area (Å²) in [7, 11) is 0. The minimum absolute atomic E-state index is 0.212. The molecule has 0 spiro atoms. The Hall–Kier alpha value is -2.08. The first-order valence-electron chi connectivity index (χ1n) is 8.46. The smallest absolute Gasteiger partial charge is 0.337 e. The van der Waals surface area contributed by atoms with E-state index in [4.69, 9.17) is 0 Å². The summed E-state index contributed by atoms with van der Waals surface area (Å²) in [6.45, 7) is 2.64. The molecule has 1 aromatic carbocycles. The van der Waals surface area contributed by atoms with E-state index in [0.29, 0.717) is 18.0 Å². The normalized spacial score (nSPS) is 19.1. The Bertz CT molecular complexity index is 781. The molecule has 122 valence electrons. The van der Waals surface area contributed by atoms with Crippen molar-refractivity contribution in [1.29, 1.82) is 0 Å². The fourth-order valence-corrected chi connectivity index (χ4v) is 3.45. The fraction of sp³-hybridized carbons (Fsp3) is 0.529. The summed E-state index contributed by atoms with van der Waals surface area (Å²) in [4.78, 5) is 25.3. The van der Waals surface area contributed by atoms with E-state index in [2.05, 4.69) is 10.6 Å². The number of hydrogen-bond acceptors (Lipinski definition) is 3. The van der Waals surface area contributed by atoms with Crippen LogP contribution in [-0.2, 0) is 0 Å². The van der Waals surface area contributed by atoms with Gasteiger partial charge in [0.1, 0.15) is 0 Å². The van der Waals surface area contributed by atoms with E-state index in [1.165, 1.54) is 4.57 Å². The highest BCUT2D eigenvalue weighted by atomic mass is 16.2. The van der Waals surface area contributed by atoms with E-state index in [9.17, 15) is 9.59 Å². The number of nitrogens with one attached hydrogen (secondary N) is 2. The minimum atomic E-state index is -0.302. The molecule has 6 nitrogen and oxygen atoms in total.